The minimum Gasteiger partial charge on any atom is -0.457 e. The van der Waals surface area contributed by atoms with Crippen LogP contribution in [0.1, 0.15) is 30.9 Å². The van der Waals surface area contributed by atoms with Crippen molar-refractivity contribution < 1.29 is 31.1 Å². The fourth-order valence-electron chi connectivity index (χ4n) is 4.01. The molecule has 1 saturated heterocycles. The van der Waals surface area contributed by atoms with Gasteiger partial charge in [-0.2, -0.15) is 4.31 Å². The Morgan fingerprint density at radius 3 is 2.42 bits per heavy atom. The SMILES string of the molecule is CC(F)(F)c1ccc(Oc2cccc(CNC(=O)[C@@H]3CCCN3S(=O)(=O)c3ccc(F)cc3)c2)cc1. The van der Waals surface area contributed by atoms with E-state index >= 15 is 0 Å². The first kappa shape index (κ1) is 25.7. The standard InChI is InChI=1S/C26H25F3N2O4S/c1-26(28,29)19-7-11-21(12-8-19)35-22-5-2-4-18(16-22)17-30-25(32)24-6-3-15-31(24)36(33,34)23-13-9-20(27)10-14-23/h2,4-5,7-14,16,24H,3,6,15,17H2,1H3,(H,30,32)/t24-/m0/s1. The second-order valence-electron chi connectivity index (χ2n) is 8.61. The van der Waals surface area contributed by atoms with Crippen LogP contribution in [-0.4, -0.2) is 31.2 Å². The van der Waals surface area contributed by atoms with Crippen LogP contribution in [0.2, 0.25) is 0 Å². The third kappa shape index (κ3) is 5.88. The predicted octanol–water partition coefficient (Wildman–Crippen LogP) is 5.20. The van der Waals surface area contributed by atoms with E-state index in [1.807, 2.05) is 0 Å². The lowest BCUT2D eigenvalue weighted by Gasteiger charge is -2.23. The molecule has 1 amide bonds. The van der Waals surface area contributed by atoms with Gasteiger partial charge in [0.15, 0.2) is 0 Å². The number of ether oxygens (including phenoxy) is 1. The number of benzene rings is 3. The number of rotatable bonds is 8. The zero-order valence-corrected chi connectivity index (χ0v) is 20.3. The first-order valence-corrected chi connectivity index (χ1v) is 12.8. The number of nitrogens with one attached hydrogen (secondary N) is 1. The summed E-state index contributed by atoms with van der Waals surface area (Å²) in [4.78, 5) is 12.8. The molecule has 0 bridgehead atoms. The van der Waals surface area contributed by atoms with E-state index in [0.717, 1.165) is 23.4 Å². The van der Waals surface area contributed by atoms with Crippen LogP contribution in [-0.2, 0) is 27.3 Å². The molecule has 0 saturated carbocycles. The highest BCUT2D eigenvalue weighted by Crippen LogP contribution is 2.30. The van der Waals surface area contributed by atoms with Gasteiger partial charge in [0.2, 0.25) is 15.9 Å². The lowest BCUT2D eigenvalue weighted by molar-refractivity contribution is -0.124. The number of halogens is 3. The van der Waals surface area contributed by atoms with Crippen LogP contribution in [0.3, 0.4) is 0 Å². The first-order chi connectivity index (χ1) is 17.0. The number of nitrogens with zero attached hydrogens (tertiary/aromatic N) is 1. The molecule has 1 atom stereocenters. The Kier molecular flexibility index (Phi) is 7.37. The molecule has 4 rings (SSSR count). The van der Waals surface area contributed by atoms with Gasteiger partial charge in [-0.05, 0) is 79.1 Å². The van der Waals surface area contributed by atoms with Gasteiger partial charge in [0.1, 0.15) is 23.4 Å². The van der Waals surface area contributed by atoms with Crippen molar-refractivity contribution in [2.45, 2.75) is 43.2 Å². The molecule has 190 valence electrons. The molecule has 36 heavy (non-hydrogen) atoms. The Labute approximate surface area is 207 Å². The molecule has 3 aromatic carbocycles. The van der Waals surface area contributed by atoms with Gasteiger partial charge in [0.05, 0.1) is 4.90 Å². The highest BCUT2D eigenvalue weighted by Gasteiger charge is 2.39. The van der Waals surface area contributed by atoms with Crippen molar-refractivity contribution in [1.82, 2.24) is 9.62 Å². The molecule has 6 nitrogen and oxygen atoms in total. The summed E-state index contributed by atoms with van der Waals surface area (Å²) in [5, 5.41) is 2.77. The Hall–Kier alpha value is -3.37. The molecule has 3 aromatic rings. The van der Waals surface area contributed by atoms with Gasteiger partial charge in [-0.25, -0.2) is 21.6 Å². The number of amides is 1. The van der Waals surface area contributed by atoms with Crippen LogP contribution >= 0.6 is 0 Å². The number of sulfonamides is 1. The van der Waals surface area contributed by atoms with Crippen molar-refractivity contribution >= 4 is 15.9 Å². The number of hydrogen-bond acceptors (Lipinski definition) is 4. The molecule has 1 fully saturated rings. The molecule has 0 aromatic heterocycles. The van der Waals surface area contributed by atoms with Crippen LogP contribution in [0.25, 0.3) is 0 Å². The molecular formula is C26H25F3N2O4S. The Balaban J connectivity index is 1.39. The highest BCUT2D eigenvalue weighted by atomic mass is 32.2. The first-order valence-electron chi connectivity index (χ1n) is 11.3. The minimum atomic E-state index is -3.95. The van der Waals surface area contributed by atoms with E-state index in [2.05, 4.69) is 5.32 Å². The van der Waals surface area contributed by atoms with Gasteiger partial charge < -0.3 is 10.1 Å². The van der Waals surface area contributed by atoms with Gasteiger partial charge in [-0.3, -0.25) is 4.79 Å². The van der Waals surface area contributed by atoms with Crippen molar-refractivity contribution in [2.75, 3.05) is 6.54 Å². The number of hydrogen-bond donors (Lipinski definition) is 1. The molecule has 1 heterocycles. The topological polar surface area (TPSA) is 75.7 Å². The van der Waals surface area contributed by atoms with Crippen LogP contribution in [0.5, 0.6) is 11.5 Å². The van der Waals surface area contributed by atoms with E-state index in [9.17, 15) is 26.4 Å². The number of carbonyl (C=O) groups excluding carboxylic acids is 1. The van der Waals surface area contributed by atoms with E-state index in [-0.39, 0.29) is 23.5 Å². The molecule has 0 aliphatic carbocycles. The average molecular weight is 519 g/mol. The summed E-state index contributed by atoms with van der Waals surface area (Å²) >= 11 is 0. The summed E-state index contributed by atoms with van der Waals surface area (Å²) < 4.78 is 72.9. The summed E-state index contributed by atoms with van der Waals surface area (Å²) in [6.07, 6.45) is 0.910. The van der Waals surface area contributed by atoms with Crippen molar-refractivity contribution in [1.29, 1.82) is 0 Å². The third-order valence-corrected chi connectivity index (χ3v) is 7.81. The summed E-state index contributed by atoms with van der Waals surface area (Å²) in [5.74, 6) is -3.07. The summed E-state index contributed by atoms with van der Waals surface area (Å²) in [5.41, 5.74) is 0.595. The number of alkyl halides is 2. The molecule has 0 spiro atoms. The van der Waals surface area contributed by atoms with Gasteiger partial charge >= 0.3 is 0 Å². The second kappa shape index (κ2) is 10.3. The van der Waals surface area contributed by atoms with Gasteiger partial charge in [-0.15, -0.1) is 0 Å². The fourth-order valence-corrected chi connectivity index (χ4v) is 5.67. The van der Waals surface area contributed by atoms with Crippen molar-refractivity contribution in [3.05, 3.63) is 89.7 Å². The van der Waals surface area contributed by atoms with Gasteiger partial charge in [0, 0.05) is 25.6 Å². The zero-order chi connectivity index (χ0) is 25.9. The lowest BCUT2D eigenvalue weighted by atomic mass is 10.1. The van der Waals surface area contributed by atoms with E-state index in [4.69, 9.17) is 4.74 Å². The maximum atomic E-state index is 13.4. The summed E-state index contributed by atoms with van der Waals surface area (Å²) in [7, 11) is -3.95. The minimum absolute atomic E-state index is 0.0656. The maximum Gasteiger partial charge on any atom is 0.270 e. The lowest BCUT2D eigenvalue weighted by Crippen LogP contribution is -2.45. The normalized spacial score (nSPS) is 16.6. The largest absolute Gasteiger partial charge is 0.457 e. The Bertz CT molecular complexity index is 1320. The summed E-state index contributed by atoms with van der Waals surface area (Å²) in [6.45, 7) is 1.16. The van der Waals surface area contributed by atoms with Crippen LogP contribution in [0, 0.1) is 5.82 Å². The second-order valence-corrected chi connectivity index (χ2v) is 10.5. The zero-order valence-electron chi connectivity index (χ0n) is 19.5. The molecule has 1 N–H and O–H groups in total. The Morgan fingerprint density at radius 1 is 1.06 bits per heavy atom. The van der Waals surface area contributed by atoms with Crippen LogP contribution in [0.4, 0.5) is 13.2 Å². The third-order valence-electron chi connectivity index (χ3n) is 5.89. The van der Waals surface area contributed by atoms with Crippen LogP contribution in [0.15, 0.2) is 77.7 Å². The molecule has 1 aliphatic rings. The molecule has 10 heteroatoms. The number of carbonyl (C=O) groups is 1. The van der Waals surface area contributed by atoms with E-state index < -0.39 is 33.7 Å². The molecule has 0 radical (unpaired) electrons. The molecular weight excluding hydrogens is 493 g/mol. The van der Waals surface area contributed by atoms with Crippen molar-refractivity contribution in [2.24, 2.45) is 0 Å². The average Bonchev–Trinajstić information content (AvgIpc) is 3.34. The molecule has 1 aliphatic heterocycles. The monoisotopic (exact) mass is 518 g/mol. The predicted molar refractivity (Wildman–Crippen MR) is 128 cm³/mol. The van der Waals surface area contributed by atoms with Crippen LogP contribution < -0.4 is 10.1 Å². The smallest absolute Gasteiger partial charge is 0.270 e. The van der Waals surface area contributed by atoms with E-state index in [1.165, 1.54) is 36.4 Å². The maximum absolute atomic E-state index is 13.4. The van der Waals surface area contributed by atoms with Gasteiger partial charge in [0.25, 0.3) is 5.92 Å². The van der Waals surface area contributed by atoms with Crippen molar-refractivity contribution in [3.8, 4) is 11.5 Å². The molecule has 0 unspecified atom stereocenters. The van der Waals surface area contributed by atoms with Crippen molar-refractivity contribution in [3.63, 3.8) is 0 Å². The quantitative estimate of drug-likeness (QED) is 0.445. The van der Waals surface area contributed by atoms with Gasteiger partial charge in [-0.1, -0.05) is 12.1 Å². The van der Waals surface area contributed by atoms with E-state index in [1.54, 1.807) is 24.3 Å². The van der Waals surface area contributed by atoms with E-state index in [0.29, 0.717) is 29.9 Å². The highest BCUT2D eigenvalue weighted by molar-refractivity contribution is 7.89. The summed E-state index contributed by atoms with van der Waals surface area (Å²) in [6, 6.07) is 16.0. The Morgan fingerprint density at radius 2 is 1.75 bits per heavy atom. The fraction of sp³-hybridized carbons (Fsp3) is 0.269.